The molecule has 14 heavy (non-hydrogen) atoms. The second-order valence-corrected chi connectivity index (χ2v) is 3.09. The fourth-order valence-electron chi connectivity index (χ4n) is 1.30. The van der Waals surface area contributed by atoms with Crippen LogP contribution in [0.1, 0.15) is 22.3 Å². The fraction of sp³-hybridized carbons (Fsp3) is 0.300. The van der Waals surface area contributed by atoms with Crippen LogP contribution >= 0.6 is 0 Å². The number of hydrogen-bond acceptors (Lipinski definition) is 1. The van der Waals surface area contributed by atoms with Crippen LogP contribution in [0.15, 0.2) is 12.1 Å². The first-order valence-electron chi connectivity index (χ1n) is 3.95. The summed E-state index contributed by atoms with van der Waals surface area (Å²) in [5.41, 5.74) is 0.337. The summed E-state index contributed by atoms with van der Waals surface area (Å²) < 4.78 is 36.9. The third-order valence-electron chi connectivity index (χ3n) is 1.97. The number of benzene rings is 1. The molecule has 1 aromatic carbocycles. The van der Waals surface area contributed by atoms with Crippen molar-refractivity contribution < 1.29 is 13.2 Å². The van der Waals surface area contributed by atoms with E-state index >= 15 is 0 Å². The van der Waals surface area contributed by atoms with Crippen molar-refractivity contribution in [3.63, 3.8) is 0 Å². The maximum Gasteiger partial charge on any atom is 0.416 e. The molecule has 0 aliphatic carbocycles. The lowest BCUT2D eigenvalue weighted by molar-refractivity contribution is -0.137. The Morgan fingerprint density at radius 3 is 1.86 bits per heavy atom. The van der Waals surface area contributed by atoms with Crippen LogP contribution in [0.2, 0.25) is 0 Å². The molecule has 0 bridgehead atoms. The Labute approximate surface area is 79.8 Å². The summed E-state index contributed by atoms with van der Waals surface area (Å²) in [7, 11) is 0. The Kier molecular flexibility index (Phi) is 2.52. The maximum absolute atomic E-state index is 12.3. The van der Waals surface area contributed by atoms with Gasteiger partial charge in [-0.1, -0.05) is 0 Å². The highest BCUT2D eigenvalue weighted by Gasteiger charge is 2.31. The second kappa shape index (κ2) is 3.33. The molecule has 0 saturated heterocycles. The van der Waals surface area contributed by atoms with Gasteiger partial charge in [-0.3, -0.25) is 0 Å². The zero-order chi connectivity index (χ0) is 10.9. The van der Waals surface area contributed by atoms with E-state index in [4.69, 9.17) is 5.26 Å². The molecule has 0 aliphatic heterocycles. The van der Waals surface area contributed by atoms with Crippen LogP contribution in [0, 0.1) is 25.2 Å². The molecule has 1 rings (SSSR count). The van der Waals surface area contributed by atoms with E-state index in [1.165, 1.54) is 13.8 Å². The highest BCUT2D eigenvalue weighted by atomic mass is 19.4. The van der Waals surface area contributed by atoms with Gasteiger partial charge in [-0.25, -0.2) is 0 Å². The lowest BCUT2D eigenvalue weighted by Crippen LogP contribution is -2.06. The summed E-state index contributed by atoms with van der Waals surface area (Å²) in [4.78, 5) is 0. The molecule has 0 aromatic heterocycles. The quantitative estimate of drug-likeness (QED) is 0.629. The largest absolute Gasteiger partial charge is 0.416 e. The predicted molar refractivity (Wildman–Crippen MR) is 45.6 cm³/mol. The molecule has 0 heterocycles. The Hall–Kier alpha value is -1.50. The number of nitriles is 1. The zero-order valence-corrected chi connectivity index (χ0v) is 7.74. The van der Waals surface area contributed by atoms with E-state index in [1.807, 2.05) is 6.07 Å². The van der Waals surface area contributed by atoms with Crippen molar-refractivity contribution in [1.29, 1.82) is 5.26 Å². The molecule has 0 atom stereocenters. The number of nitrogens with zero attached hydrogens (tertiary/aromatic N) is 1. The van der Waals surface area contributed by atoms with Gasteiger partial charge in [-0.05, 0) is 37.1 Å². The van der Waals surface area contributed by atoms with Crippen LogP contribution in [0.4, 0.5) is 13.2 Å². The van der Waals surface area contributed by atoms with Crippen molar-refractivity contribution in [2.45, 2.75) is 20.0 Å². The van der Waals surface area contributed by atoms with E-state index in [-0.39, 0.29) is 0 Å². The molecule has 0 fully saturated rings. The van der Waals surface area contributed by atoms with Crippen LogP contribution in [0.3, 0.4) is 0 Å². The molecule has 0 N–H and O–H groups in total. The summed E-state index contributed by atoms with van der Waals surface area (Å²) in [6.07, 6.45) is -4.34. The van der Waals surface area contributed by atoms with E-state index in [1.54, 1.807) is 0 Å². The number of halogens is 3. The van der Waals surface area contributed by atoms with E-state index in [0.717, 1.165) is 12.1 Å². The molecular weight excluding hydrogens is 191 g/mol. The van der Waals surface area contributed by atoms with Gasteiger partial charge in [0.1, 0.15) is 0 Å². The lowest BCUT2D eigenvalue weighted by atomic mass is 10.0. The molecule has 4 heteroatoms. The van der Waals surface area contributed by atoms with Crippen molar-refractivity contribution in [2.75, 3.05) is 0 Å². The Bertz CT molecular complexity index is 376. The Morgan fingerprint density at radius 1 is 1.14 bits per heavy atom. The van der Waals surface area contributed by atoms with Crippen molar-refractivity contribution >= 4 is 0 Å². The van der Waals surface area contributed by atoms with Crippen LogP contribution in [-0.4, -0.2) is 0 Å². The molecule has 0 spiro atoms. The van der Waals surface area contributed by atoms with Crippen LogP contribution in [-0.2, 0) is 6.18 Å². The van der Waals surface area contributed by atoms with E-state index in [0.29, 0.717) is 16.7 Å². The minimum atomic E-state index is -4.34. The average molecular weight is 199 g/mol. The molecule has 1 aromatic rings. The molecule has 0 aliphatic rings. The molecule has 74 valence electrons. The Morgan fingerprint density at radius 2 is 1.57 bits per heavy atom. The van der Waals surface area contributed by atoms with Crippen molar-refractivity contribution in [1.82, 2.24) is 0 Å². The van der Waals surface area contributed by atoms with Gasteiger partial charge in [0, 0.05) is 0 Å². The third-order valence-corrected chi connectivity index (χ3v) is 1.97. The highest BCUT2D eigenvalue weighted by molar-refractivity contribution is 5.46. The van der Waals surface area contributed by atoms with Gasteiger partial charge < -0.3 is 0 Å². The third kappa shape index (κ3) is 1.87. The summed E-state index contributed by atoms with van der Waals surface area (Å²) in [6.45, 7) is 3.00. The zero-order valence-electron chi connectivity index (χ0n) is 7.74. The predicted octanol–water partition coefficient (Wildman–Crippen LogP) is 3.19. The van der Waals surface area contributed by atoms with Gasteiger partial charge in [-0.2, -0.15) is 18.4 Å². The normalized spacial score (nSPS) is 11.1. The second-order valence-electron chi connectivity index (χ2n) is 3.09. The number of rotatable bonds is 0. The van der Waals surface area contributed by atoms with Crippen LogP contribution in [0.25, 0.3) is 0 Å². The number of alkyl halides is 3. The smallest absolute Gasteiger partial charge is 0.192 e. The molecule has 0 radical (unpaired) electrons. The topological polar surface area (TPSA) is 23.8 Å². The van der Waals surface area contributed by atoms with Gasteiger partial charge in [0.2, 0.25) is 0 Å². The van der Waals surface area contributed by atoms with Gasteiger partial charge in [0.05, 0.1) is 17.2 Å². The number of hydrogen-bond donors (Lipinski definition) is 0. The first-order chi connectivity index (χ1) is 6.36. The summed E-state index contributed by atoms with van der Waals surface area (Å²) in [5.74, 6) is 0. The van der Waals surface area contributed by atoms with E-state index in [2.05, 4.69) is 0 Å². The standard InChI is InChI=1S/C10H8F3N/c1-6-3-8(10(11,12)13)4-7(2)9(6)5-14/h3-4H,1-2H3. The highest BCUT2D eigenvalue weighted by Crippen LogP contribution is 2.31. The van der Waals surface area contributed by atoms with Crippen molar-refractivity contribution in [2.24, 2.45) is 0 Å². The van der Waals surface area contributed by atoms with E-state index in [9.17, 15) is 13.2 Å². The monoisotopic (exact) mass is 199 g/mol. The van der Waals surface area contributed by atoms with Crippen molar-refractivity contribution in [3.05, 3.63) is 34.4 Å². The Balaban J connectivity index is 3.37. The fourth-order valence-corrected chi connectivity index (χ4v) is 1.30. The van der Waals surface area contributed by atoms with Crippen LogP contribution in [0.5, 0.6) is 0 Å². The lowest BCUT2D eigenvalue weighted by Gasteiger charge is -2.10. The minimum absolute atomic E-state index is 0.318. The maximum atomic E-state index is 12.3. The number of aryl methyl sites for hydroxylation is 2. The molecule has 1 nitrogen and oxygen atoms in total. The molecule has 0 amide bonds. The molecular formula is C10H8F3N. The summed E-state index contributed by atoms with van der Waals surface area (Å²) >= 11 is 0. The van der Waals surface area contributed by atoms with E-state index < -0.39 is 11.7 Å². The molecule has 0 unspecified atom stereocenters. The average Bonchev–Trinajstić information content (AvgIpc) is 2.01. The van der Waals surface area contributed by atoms with Gasteiger partial charge in [0.25, 0.3) is 0 Å². The van der Waals surface area contributed by atoms with Gasteiger partial charge in [-0.15, -0.1) is 0 Å². The summed E-state index contributed by atoms with van der Waals surface area (Å²) in [5, 5.41) is 8.66. The van der Waals surface area contributed by atoms with Crippen molar-refractivity contribution in [3.8, 4) is 6.07 Å². The SMILES string of the molecule is Cc1cc(C(F)(F)F)cc(C)c1C#N. The van der Waals surface area contributed by atoms with Gasteiger partial charge >= 0.3 is 6.18 Å². The summed E-state index contributed by atoms with van der Waals surface area (Å²) in [6, 6.07) is 3.86. The first-order valence-corrected chi connectivity index (χ1v) is 3.95. The minimum Gasteiger partial charge on any atom is -0.192 e. The van der Waals surface area contributed by atoms with Crippen LogP contribution < -0.4 is 0 Å². The molecule has 0 saturated carbocycles. The van der Waals surface area contributed by atoms with Gasteiger partial charge in [0.15, 0.2) is 0 Å². The first kappa shape index (κ1) is 10.6.